The van der Waals surface area contributed by atoms with E-state index in [2.05, 4.69) is 0 Å². The first kappa shape index (κ1) is 21.9. The highest BCUT2D eigenvalue weighted by molar-refractivity contribution is 5.80. The van der Waals surface area contributed by atoms with E-state index in [0.29, 0.717) is 38.2 Å². The third kappa shape index (κ3) is 6.08. The van der Waals surface area contributed by atoms with Crippen molar-refractivity contribution in [3.63, 3.8) is 0 Å². The zero-order valence-corrected chi connectivity index (χ0v) is 16.7. The number of carbonyl (C=O) groups is 2. The lowest BCUT2D eigenvalue weighted by Gasteiger charge is -2.35. The minimum Gasteiger partial charge on any atom is -0.339 e. The monoisotopic (exact) mass is 418 g/mol. The average molecular weight is 418 g/mol. The number of nitrogens with zero attached hydrogens (tertiary/aromatic N) is 2. The van der Waals surface area contributed by atoms with Gasteiger partial charge in [-0.3, -0.25) is 9.59 Å². The van der Waals surface area contributed by atoms with Crippen molar-refractivity contribution in [2.24, 2.45) is 0 Å². The summed E-state index contributed by atoms with van der Waals surface area (Å²) in [4.78, 5) is 28.3. The van der Waals surface area contributed by atoms with Gasteiger partial charge in [-0.1, -0.05) is 48.5 Å². The van der Waals surface area contributed by atoms with Gasteiger partial charge in [0.25, 0.3) is 0 Å². The Morgan fingerprint density at radius 2 is 1.40 bits per heavy atom. The van der Waals surface area contributed by atoms with Crippen LogP contribution < -0.4 is 0 Å². The molecule has 160 valence electrons. The fraction of sp³-hybridized carbons (Fsp3) is 0.391. The smallest absolute Gasteiger partial charge is 0.339 e. The standard InChI is InChI=1S/C23H25F3N2O2/c24-23(25,26)20-10-4-9-19(16-20)17-22(30)28-14-12-27(13-15-28)21(29)11-5-8-18-6-2-1-3-7-18/h1-4,6-7,9-10,16H,5,8,11-15,17H2. The second kappa shape index (κ2) is 9.78. The normalized spacial score (nSPS) is 14.6. The second-order valence-electron chi connectivity index (χ2n) is 7.48. The van der Waals surface area contributed by atoms with Crippen LogP contribution in [0.25, 0.3) is 0 Å². The predicted molar refractivity (Wildman–Crippen MR) is 108 cm³/mol. The molecule has 0 bridgehead atoms. The van der Waals surface area contributed by atoms with Crippen molar-refractivity contribution in [3.05, 3.63) is 71.3 Å². The van der Waals surface area contributed by atoms with E-state index in [1.165, 1.54) is 17.7 Å². The van der Waals surface area contributed by atoms with Crippen molar-refractivity contribution in [1.82, 2.24) is 9.80 Å². The van der Waals surface area contributed by atoms with E-state index in [1.807, 2.05) is 30.3 Å². The maximum Gasteiger partial charge on any atom is 0.416 e. The molecule has 1 aliphatic heterocycles. The minimum atomic E-state index is -4.43. The first-order valence-corrected chi connectivity index (χ1v) is 10.1. The molecule has 0 radical (unpaired) electrons. The molecular formula is C23H25F3N2O2. The van der Waals surface area contributed by atoms with Gasteiger partial charge in [-0.05, 0) is 30.0 Å². The number of benzene rings is 2. The van der Waals surface area contributed by atoms with Crippen LogP contribution in [0.4, 0.5) is 13.2 Å². The molecule has 1 saturated heterocycles. The van der Waals surface area contributed by atoms with Crippen molar-refractivity contribution < 1.29 is 22.8 Å². The molecule has 1 aliphatic rings. The van der Waals surface area contributed by atoms with Gasteiger partial charge in [0, 0.05) is 32.6 Å². The maximum atomic E-state index is 12.8. The van der Waals surface area contributed by atoms with Crippen LogP contribution in [0, 0.1) is 0 Å². The van der Waals surface area contributed by atoms with Crippen LogP contribution in [0.5, 0.6) is 0 Å². The van der Waals surface area contributed by atoms with Crippen LogP contribution in [0.2, 0.25) is 0 Å². The summed E-state index contributed by atoms with van der Waals surface area (Å²) in [6, 6.07) is 14.9. The molecule has 1 fully saturated rings. The molecule has 1 heterocycles. The van der Waals surface area contributed by atoms with Gasteiger partial charge in [-0.2, -0.15) is 13.2 Å². The van der Waals surface area contributed by atoms with Crippen LogP contribution in [0.15, 0.2) is 54.6 Å². The van der Waals surface area contributed by atoms with Gasteiger partial charge in [0.2, 0.25) is 11.8 Å². The average Bonchev–Trinajstić information content (AvgIpc) is 2.74. The molecule has 3 rings (SSSR count). The molecule has 0 atom stereocenters. The van der Waals surface area contributed by atoms with Crippen molar-refractivity contribution >= 4 is 11.8 Å². The lowest BCUT2D eigenvalue weighted by Crippen LogP contribution is -2.51. The number of rotatable bonds is 6. The number of piperazine rings is 1. The number of hydrogen-bond donors (Lipinski definition) is 0. The van der Waals surface area contributed by atoms with Gasteiger partial charge in [0.05, 0.1) is 12.0 Å². The van der Waals surface area contributed by atoms with Gasteiger partial charge < -0.3 is 9.80 Å². The fourth-order valence-electron chi connectivity index (χ4n) is 3.60. The summed E-state index contributed by atoms with van der Waals surface area (Å²) in [6.45, 7) is 1.72. The summed E-state index contributed by atoms with van der Waals surface area (Å²) in [6.07, 6.45) is -2.41. The van der Waals surface area contributed by atoms with E-state index >= 15 is 0 Å². The molecule has 4 nitrogen and oxygen atoms in total. The lowest BCUT2D eigenvalue weighted by atomic mass is 10.1. The van der Waals surface area contributed by atoms with Crippen molar-refractivity contribution in [2.45, 2.75) is 31.9 Å². The Balaban J connectivity index is 1.43. The highest BCUT2D eigenvalue weighted by Crippen LogP contribution is 2.29. The third-order valence-corrected chi connectivity index (χ3v) is 5.29. The molecule has 30 heavy (non-hydrogen) atoms. The topological polar surface area (TPSA) is 40.6 Å². The molecule has 2 aromatic rings. The van der Waals surface area contributed by atoms with Crippen molar-refractivity contribution in [3.8, 4) is 0 Å². The summed E-state index contributed by atoms with van der Waals surface area (Å²) in [5.74, 6) is -0.138. The largest absolute Gasteiger partial charge is 0.416 e. The summed E-state index contributed by atoms with van der Waals surface area (Å²) >= 11 is 0. The van der Waals surface area contributed by atoms with Gasteiger partial charge >= 0.3 is 6.18 Å². The SMILES string of the molecule is O=C(CCCc1ccccc1)N1CCN(C(=O)Cc2cccc(C(F)(F)F)c2)CC1. The van der Waals surface area contributed by atoms with Crippen LogP contribution >= 0.6 is 0 Å². The Kier molecular flexibility index (Phi) is 7.13. The molecule has 0 unspecified atom stereocenters. The fourth-order valence-corrected chi connectivity index (χ4v) is 3.60. The Labute approximate surface area is 174 Å². The summed E-state index contributed by atoms with van der Waals surface area (Å²) in [5, 5.41) is 0. The van der Waals surface area contributed by atoms with Crippen LogP contribution in [-0.2, 0) is 28.6 Å². The maximum absolute atomic E-state index is 12.8. The van der Waals surface area contributed by atoms with E-state index in [4.69, 9.17) is 0 Å². The number of hydrogen-bond acceptors (Lipinski definition) is 2. The molecule has 0 N–H and O–H groups in total. The van der Waals surface area contributed by atoms with Crippen LogP contribution in [0.1, 0.15) is 29.5 Å². The summed E-state index contributed by atoms with van der Waals surface area (Å²) in [5.41, 5.74) is 0.795. The second-order valence-corrected chi connectivity index (χ2v) is 7.48. The van der Waals surface area contributed by atoms with Gasteiger partial charge in [-0.15, -0.1) is 0 Å². The highest BCUT2D eigenvalue weighted by Gasteiger charge is 2.31. The van der Waals surface area contributed by atoms with Gasteiger partial charge in [-0.25, -0.2) is 0 Å². The van der Waals surface area contributed by atoms with Gasteiger partial charge in [0.15, 0.2) is 0 Å². The van der Waals surface area contributed by atoms with Crippen molar-refractivity contribution in [1.29, 1.82) is 0 Å². The van der Waals surface area contributed by atoms with E-state index in [1.54, 1.807) is 9.80 Å². The molecule has 0 aliphatic carbocycles. The Hall–Kier alpha value is -2.83. The van der Waals surface area contributed by atoms with Crippen molar-refractivity contribution in [2.75, 3.05) is 26.2 Å². The van der Waals surface area contributed by atoms with Gasteiger partial charge in [0.1, 0.15) is 0 Å². The van der Waals surface area contributed by atoms with E-state index in [9.17, 15) is 22.8 Å². The van der Waals surface area contributed by atoms with Crippen LogP contribution in [-0.4, -0.2) is 47.8 Å². The minimum absolute atomic E-state index is 0.0745. The molecule has 2 amide bonds. The highest BCUT2D eigenvalue weighted by atomic mass is 19.4. The summed E-state index contributed by atoms with van der Waals surface area (Å²) < 4.78 is 38.5. The van der Waals surface area contributed by atoms with E-state index in [0.717, 1.165) is 25.0 Å². The quantitative estimate of drug-likeness (QED) is 0.713. The molecule has 0 saturated carbocycles. The molecular weight excluding hydrogens is 393 g/mol. The molecule has 2 aromatic carbocycles. The number of aryl methyl sites for hydroxylation is 1. The number of amides is 2. The summed E-state index contributed by atoms with van der Waals surface area (Å²) in [7, 11) is 0. The first-order valence-electron chi connectivity index (χ1n) is 10.1. The number of halogens is 3. The molecule has 0 spiro atoms. The number of alkyl halides is 3. The Morgan fingerprint density at radius 1 is 0.800 bits per heavy atom. The zero-order chi connectivity index (χ0) is 21.6. The third-order valence-electron chi connectivity index (χ3n) is 5.29. The van der Waals surface area contributed by atoms with E-state index < -0.39 is 11.7 Å². The molecule has 7 heteroatoms. The first-order chi connectivity index (χ1) is 14.3. The Morgan fingerprint density at radius 3 is 2.03 bits per heavy atom. The van der Waals surface area contributed by atoms with Crippen LogP contribution in [0.3, 0.4) is 0 Å². The van der Waals surface area contributed by atoms with E-state index in [-0.39, 0.29) is 18.2 Å². The number of carbonyl (C=O) groups excluding carboxylic acids is 2. The lowest BCUT2D eigenvalue weighted by molar-refractivity contribution is -0.139. The predicted octanol–water partition coefficient (Wildman–Crippen LogP) is 3.94. The zero-order valence-electron chi connectivity index (χ0n) is 16.7. The Bertz CT molecular complexity index is 860. The molecule has 0 aromatic heterocycles.